The minimum absolute atomic E-state index is 0.0871. The number of benzene rings is 1. The predicted octanol–water partition coefficient (Wildman–Crippen LogP) is 2.75. The summed E-state index contributed by atoms with van der Waals surface area (Å²) in [6, 6.07) is 4.85. The maximum atomic E-state index is 14.2. The largest absolute Gasteiger partial charge is 0.270 e. The molecule has 0 spiro atoms. The quantitative estimate of drug-likeness (QED) is 0.573. The van der Waals surface area contributed by atoms with Crippen LogP contribution in [-0.4, -0.2) is 31.2 Å². The molecule has 1 aromatic heterocycles. The van der Waals surface area contributed by atoms with Crippen LogP contribution in [0.5, 0.6) is 0 Å². The van der Waals surface area contributed by atoms with E-state index in [1.807, 2.05) is 6.92 Å². The van der Waals surface area contributed by atoms with Gasteiger partial charge in [-0.3, -0.25) is 4.18 Å². The van der Waals surface area contributed by atoms with Crippen molar-refractivity contribution in [1.29, 1.82) is 0 Å². The molecule has 7 heteroatoms. The lowest BCUT2D eigenvalue weighted by atomic mass is 10.1. The molecule has 0 saturated carbocycles. The highest BCUT2D eigenvalue weighted by Gasteiger charge is 2.09. The van der Waals surface area contributed by atoms with E-state index >= 15 is 0 Å². The van der Waals surface area contributed by atoms with E-state index in [-0.39, 0.29) is 6.61 Å². The molecule has 1 heterocycles. The molecule has 1 aromatic carbocycles. The van der Waals surface area contributed by atoms with Gasteiger partial charge < -0.3 is 0 Å². The van der Waals surface area contributed by atoms with Crippen molar-refractivity contribution in [2.24, 2.45) is 0 Å². The van der Waals surface area contributed by atoms with Gasteiger partial charge in [0.15, 0.2) is 5.82 Å². The Bertz CT molecular complexity index is 761. The molecule has 124 valence electrons. The zero-order valence-electron chi connectivity index (χ0n) is 13.1. The zero-order valence-corrected chi connectivity index (χ0v) is 13.9. The summed E-state index contributed by atoms with van der Waals surface area (Å²) < 4.78 is 40.6. The van der Waals surface area contributed by atoms with Crippen LogP contribution in [0, 0.1) is 5.82 Å². The highest BCUT2D eigenvalue weighted by molar-refractivity contribution is 7.85. The van der Waals surface area contributed by atoms with Crippen molar-refractivity contribution in [3.63, 3.8) is 0 Å². The maximum Gasteiger partial charge on any atom is 0.264 e. The third kappa shape index (κ3) is 5.37. The first-order valence-corrected chi connectivity index (χ1v) is 9.15. The van der Waals surface area contributed by atoms with E-state index < -0.39 is 15.9 Å². The van der Waals surface area contributed by atoms with Gasteiger partial charge in [0.05, 0.1) is 18.4 Å². The van der Waals surface area contributed by atoms with Crippen LogP contribution in [-0.2, 0) is 27.1 Å². The molecular weight excluding hydrogens is 319 g/mol. The molecule has 0 aliphatic carbocycles. The highest BCUT2D eigenvalue weighted by atomic mass is 32.2. The molecule has 2 aromatic rings. The van der Waals surface area contributed by atoms with Gasteiger partial charge in [0.2, 0.25) is 0 Å². The Morgan fingerprint density at radius 1 is 1.17 bits per heavy atom. The van der Waals surface area contributed by atoms with Gasteiger partial charge in [-0.15, -0.1) is 0 Å². The maximum absolute atomic E-state index is 14.2. The van der Waals surface area contributed by atoms with Crippen molar-refractivity contribution in [2.75, 3.05) is 12.9 Å². The van der Waals surface area contributed by atoms with Crippen molar-refractivity contribution >= 4 is 10.1 Å². The van der Waals surface area contributed by atoms with E-state index in [4.69, 9.17) is 0 Å². The van der Waals surface area contributed by atoms with Crippen LogP contribution in [0.2, 0.25) is 0 Å². The molecular formula is C16H19FN2O3S. The Labute approximate surface area is 135 Å². The molecule has 0 fully saturated rings. The van der Waals surface area contributed by atoms with Gasteiger partial charge in [0, 0.05) is 12.4 Å². The Morgan fingerprint density at radius 2 is 1.87 bits per heavy atom. The zero-order chi connectivity index (χ0) is 16.9. The monoisotopic (exact) mass is 338 g/mol. The predicted molar refractivity (Wildman–Crippen MR) is 85.9 cm³/mol. The van der Waals surface area contributed by atoms with Crippen LogP contribution < -0.4 is 0 Å². The molecule has 0 saturated heterocycles. The first kappa shape index (κ1) is 17.5. The molecule has 5 nitrogen and oxygen atoms in total. The topological polar surface area (TPSA) is 69.2 Å². The minimum atomic E-state index is -3.43. The van der Waals surface area contributed by atoms with Gasteiger partial charge in [0.1, 0.15) is 5.82 Å². The van der Waals surface area contributed by atoms with Crippen molar-refractivity contribution in [3.8, 4) is 11.4 Å². The third-order valence-corrected chi connectivity index (χ3v) is 3.89. The van der Waals surface area contributed by atoms with Gasteiger partial charge in [0.25, 0.3) is 10.1 Å². The highest BCUT2D eigenvalue weighted by Crippen LogP contribution is 2.21. The summed E-state index contributed by atoms with van der Waals surface area (Å²) in [6.45, 7) is 2.09. The Hall–Kier alpha value is -1.86. The number of hydrogen-bond acceptors (Lipinski definition) is 5. The van der Waals surface area contributed by atoms with E-state index in [2.05, 4.69) is 14.2 Å². The van der Waals surface area contributed by atoms with Gasteiger partial charge in [-0.2, -0.15) is 8.42 Å². The lowest BCUT2D eigenvalue weighted by Gasteiger charge is -2.06. The van der Waals surface area contributed by atoms with Gasteiger partial charge in [-0.05, 0) is 42.5 Å². The van der Waals surface area contributed by atoms with Crippen LogP contribution in [0.4, 0.5) is 4.39 Å². The summed E-state index contributed by atoms with van der Waals surface area (Å²) in [7, 11) is -3.43. The van der Waals surface area contributed by atoms with E-state index in [9.17, 15) is 12.8 Å². The van der Waals surface area contributed by atoms with Crippen LogP contribution in [0.15, 0.2) is 30.6 Å². The fraction of sp³-hybridized carbons (Fsp3) is 0.375. The standard InChI is InChI=1S/C16H19FN2O3S/c1-3-12-10-18-16(19-11-12)14-7-6-13(9-15(14)17)5-4-8-22-23(2,20)21/h6-7,9-11H,3-5,8H2,1-2H3. The van der Waals surface area contributed by atoms with Crippen LogP contribution in [0.3, 0.4) is 0 Å². The normalized spacial score (nSPS) is 11.6. The van der Waals surface area contributed by atoms with Crippen molar-refractivity contribution in [2.45, 2.75) is 26.2 Å². The number of nitrogens with zero attached hydrogens (tertiary/aromatic N) is 2. The summed E-state index contributed by atoms with van der Waals surface area (Å²) in [5, 5.41) is 0. The van der Waals surface area contributed by atoms with Gasteiger partial charge >= 0.3 is 0 Å². The molecule has 0 bridgehead atoms. The lowest BCUT2D eigenvalue weighted by Crippen LogP contribution is -2.05. The minimum Gasteiger partial charge on any atom is -0.270 e. The van der Waals surface area contributed by atoms with E-state index in [0.717, 1.165) is 23.8 Å². The first-order valence-electron chi connectivity index (χ1n) is 7.33. The van der Waals surface area contributed by atoms with Crippen LogP contribution in [0.25, 0.3) is 11.4 Å². The summed E-state index contributed by atoms with van der Waals surface area (Å²) >= 11 is 0. The molecule has 2 rings (SSSR count). The van der Waals surface area contributed by atoms with Crippen molar-refractivity contribution in [1.82, 2.24) is 9.97 Å². The first-order chi connectivity index (χ1) is 10.9. The molecule has 0 unspecified atom stereocenters. The smallest absolute Gasteiger partial charge is 0.264 e. The molecule has 0 N–H and O–H groups in total. The molecule has 0 radical (unpaired) electrons. The number of aromatic nitrogens is 2. The molecule has 0 atom stereocenters. The number of hydrogen-bond donors (Lipinski definition) is 0. The van der Waals surface area contributed by atoms with Crippen LogP contribution >= 0.6 is 0 Å². The fourth-order valence-corrected chi connectivity index (χ4v) is 2.48. The summed E-state index contributed by atoms with van der Waals surface area (Å²) in [5.74, 6) is -0.0394. The average molecular weight is 338 g/mol. The number of rotatable bonds is 7. The SMILES string of the molecule is CCc1cnc(-c2ccc(CCCOS(C)(=O)=O)cc2F)nc1. The number of aryl methyl sites for hydroxylation is 2. The fourth-order valence-electron chi connectivity index (χ4n) is 2.06. The average Bonchev–Trinajstić information content (AvgIpc) is 2.51. The molecule has 0 amide bonds. The Balaban J connectivity index is 2.02. The third-order valence-electron chi connectivity index (χ3n) is 3.30. The molecule has 0 aliphatic heterocycles. The Morgan fingerprint density at radius 3 is 2.43 bits per heavy atom. The van der Waals surface area contributed by atoms with E-state index in [1.165, 1.54) is 6.07 Å². The van der Waals surface area contributed by atoms with Crippen LogP contribution in [0.1, 0.15) is 24.5 Å². The molecule has 23 heavy (non-hydrogen) atoms. The Kier molecular flexibility index (Phi) is 5.79. The summed E-state index contributed by atoms with van der Waals surface area (Å²) in [4.78, 5) is 8.35. The van der Waals surface area contributed by atoms with E-state index in [0.29, 0.717) is 24.2 Å². The lowest BCUT2D eigenvalue weighted by molar-refractivity contribution is 0.316. The van der Waals surface area contributed by atoms with Gasteiger partial charge in [-0.25, -0.2) is 14.4 Å². The second-order valence-electron chi connectivity index (χ2n) is 5.21. The van der Waals surface area contributed by atoms with Gasteiger partial charge in [-0.1, -0.05) is 13.0 Å². The summed E-state index contributed by atoms with van der Waals surface area (Å²) in [5.41, 5.74) is 2.12. The summed E-state index contributed by atoms with van der Waals surface area (Å²) in [6.07, 6.45) is 6.24. The number of halogens is 1. The second kappa shape index (κ2) is 7.61. The molecule has 0 aliphatic rings. The second-order valence-corrected chi connectivity index (χ2v) is 6.86. The van der Waals surface area contributed by atoms with E-state index in [1.54, 1.807) is 24.5 Å². The van der Waals surface area contributed by atoms with Crippen molar-refractivity contribution < 1.29 is 17.0 Å². The van der Waals surface area contributed by atoms with Crippen molar-refractivity contribution in [3.05, 3.63) is 47.5 Å².